The quantitative estimate of drug-likeness (QED) is 0.175. The Hall–Kier alpha value is -5.31. The molecule has 2 saturated heterocycles. The molecule has 4 aromatic rings. The molecule has 18 nitrogen and oxygen atoms in total. The lowest BCUT2D eigenvalue weighted by atomic mass is 9.95. The van der Waals surface area contributed by atoms with Gasteiger partial charge in [0.1, 0.15) is 41.4 Å². The first kappa shape index (κ1) is 48.7. The fraction of sp³-hybridized carbons (Fsp3) is 0.667. The highest BCUT2D eigenvalue weighted by Gasteiger charge is 2.36. The number of piperazine rings is 2. The van der Waals surface area contributed by atoms with Crippen molar-refractivity contribution in [2.45, 2.75) is 117 Å². The van der Waals surface area contributed by atoms with Crippen LogP contribution >= 0.6 is 0 Å². The van der Waals surface area contributed by atoms with Gasteiger partial charge in [0.2, 0.25) is 0 Å². The number of aromatic nitrogens is 10. The summed E-state index contributed by atoms with van der Waals surface area (Å²) in [6, 6.07) is 3.18. The molecule has 0 saturated carbocycles. The van der Waals surface area contributed by atoms with E-state index in [9.17, 15) is 32.3 Å². The zero-order valence-electron chi connectivity index (χ0n) is 37.7. The molecule has 2 aliphatic heterocycles. The number of alkyl halides is 3. The summed E-state index contributed by atoms with van der Waals surface area (Å²) in [7, 11) is 0. The number of hydrogen-bond acceptors (Lipinski definition) is 14. The minimum Gasteiger partial charge on any atom is -0.354 e. The van der Waals surface area contributed by atoms with Gasteiger partial charge in [-0.15, -0.1) is 0 Å². The first-order valence-electron chi connectivity index (χ1n) is 21.8. The molecule has 0 aliphatic carbocycles. The number of nitrogens with one attached hydrogen (secondary N) is 2. The third-order valence-corrected chi connectivity index (χ3v) is 10.8. The maximum atomic E-state index is 13.3. The van der Waals surface area contributed by atoms with Crippen LogP contribution in [0.3, 0.4) is 0 Å². The Kier molecular flexibility index (Phi) is 16.5. The van der Waals surface area contributed by atoms with Gasteiger partial charge < -0.3 is 9.80 Å². The first-order valence-corrected chi connectivity index (χ1v) is 21.8. The molecule has 6 rings (SSSR count). The maximum absolute atomic E-state index is 13.3. The molecule has 6 heterocycles. The Morgan fingerprint density at radius 2 is 0.984 bits per heavy atom. The summed E-state index contributed by atoms with van der Waals surface area (Å²) in [5, 5.41) is 7.68. The van der Waals surface area contributed by atoms with Crippen LogP contribution in [-0.4, -0.2) is 125 Å². The first-order chi connectivity index (χ1) is 29.7. The summed E-state index contributed by atoms with van der Waals surface area (Å²) < 4.78 is 42.6. The number of rotatable bonds is 14. The molecule has 21 heteroatoms. The van der Waals surface area contributed by atoms with Gasteiger partial charge in [-0.1, -0.05) is 54.9 Å². The highest BCUT2D eigenvalue weighted by molar-refractivity contribution is 5.43. The molecule has 2 fully saturated rings. The Morgan fingerprint density at radius 1 is 0.571 bits per heavy atom. The largest absolute Gasteiger partial charge is 0.433 e. The van der Waals surface area contributed by atoms with E-state index in [1.54, 1.807) is 20.8 Å². The summed E-state index contributed by atoms with van der Waals surface area (Å²) in [6.07, 6.45) is 3.12. The Bertz CT molecular complexity index is 2300. The maximum Gasteiger partial charge on any atom is 0.433 e. The predicted octanol–water partition coefficient (Wildman–Crippen LogP) is 3.21. The minimum atomic E-state index is -4.53. The van der Waals surface area contributed by atoms with E-state index in [0.29, 0.717) is 45.1 Å². The lowest BCUT2D eigenvalue weighted by molar-refractivity contribution is -0.141. The van der Waals surface area contributed by atoms with E-state index in [1.165, 1.54) is 9.36 Å². The molecule has 0 amide bonds. The second kappa shape index (κ2) is 21.4. The molecular weight excluding hydrogens is 822 g/mol. The summed E-state index contributed by atoms with van der Waals surface area (Å²) in [5.41, 5.74) is -2.40. The number of halogens is 3. The third kappa shape index (κ3) is 14.6. The van der Waals surface area contributed by atoms with Crippen molar-refractivity contribution >= 4 is 11.6 Å². The molecule has 0 bridgehead atoms. The fourth-order valence-electron chi connectivity index (χ4n) is 7.11. The van der Waals surface area contributed by atoms with Crippen molar-refractivity contribution in [2.75, 3.05) is 75.2 Å². The van der Waals surface area contributed by atoms with Crippen molar-refractivity contribution in [1.82, 2.24) is 59.3 Å². The number of aryl methyl sites for hydroxylation is 3. The van der Waals surface area contributed by atoms with Gasteiger partial charge in [0.15, 0.2) is 0 Å². The Morgan fingerprint density at radius 3 is 1.38 bits per heavy atom. The highest BCUT2D eigenvalue weighted by atomic mass is 19.4. The average Bonchev–Trinajstić information content (AvgIpc) is 3.22. The Labute approximate surface area is 365 Å². The summed E-state index contributed by atoms with van der Waals surface area (Å²) >= 11 is 0. The van der Waals surface area contributed by atoms with Crippen LogP contribution in [0.4, 0.5) is 24.8 Å². The molecule has 0 spiro atoms. The van der Waals surface area contributed by atoms with E-state index in [2.05, 4.69) is 78.6 Å². The number of unbranched alkanes of at least 4 members (excludes halogenated alkanes) is 2. The van der Waals surface area contributed by atoms with Gasteiger partial charge in [0.25, 0.3) is 11.1 Å². The lowest BCUT2D eigenvalue weighted by Gasteiger charge is -2.36. The summed E-state index contributed by atoms with van der Waals surface area (Å²) in [6.45, 7) is 23.2. The van der Waals surface area contributed by atoms with Gasteiger partial charge in [0, 0.05) is 94.1 Å². The van der Waals surface area contributed by atoms with Gasteiger partial charge >= 0.3 is 17.6 Å². The van der Waals surface area contributed by atoms with Gasteiger partial charge in [-0.3, -0.25) is 29.4 Å². The van der Waals surface area contributed by atoms with Crippen molar-refractivity contribution in [3.05, 3.63) is 89.2 Å². The van der Waals surface area contributed by atoms with Crippen LogP contribution in [0.1, 0.15) is 104 Å². The fourth-order valence-corrected chi connectivity index (χ4v) is 7.11. The monoisotopic (exact) mass is 885 g/mol. The molecule has 346 valence electrons. The Balaban J connectivity index is 0.000000238. The van der Waals surface area contributed by atoms with Crippen LogP contribution in [0.5, 0.6) is 0 Å². The normalized spacial score (nSPS) is 15.7. The second-order valence-electron chi connectivity index (χ2n) is 18.1. The van der Waals surface area contributed by atoms with Crippen LogP contribution in [0.15, 0.2) is 43.7 Å². The van der Waals surface area contributed by atoms with Gasteiger partial charge in [-0.2, -0.15) is 23.4 Å². The number of aromatic amines is 2. The number of nitrogens with zero attached hydrogens (tertiary/aromatic N) is 12. The minimum absolute atomic E-state index is 0.0666. The van der Waals surface area contributed by atoms with E-state index >= 15 is 0 Å². The highest BCUT2D eigenvalue weighted by Crippen LogP contribution is 2.32. The number of anilines is 2. The molecule has 2 aliphatic rings. The van der Waals surface area contributed by atoms with E-state index < -0.39 is 39.8 Å². The zero-order valence-corrected chi connectivity index (χ0v) is 37.7. The van der Waals surface area contributed by atoms with Crippen molar-refractivity contribution in [1.29, 1.82) is 0 Å². The molecule has 2 N–H and O–H groups in total. The van der Waals surface area contributed by atoms with Crippen LogP contribution < -0.4 is 32.3 Å². The van der Waals surface area contributed by atoms with Gasteiger partial charge in [0.05, 0.1) is 0 Å². The predicted molar refractivity (Wildman–Crippen MR) is 234 cm³/mol. The molecule has 0 atom stereocenters. The number of H-pyrrole nitrogens is 2. The van der Waals surface area contributed by atoms with Crippen LogP contribution in [0.25, 0.3) is 0 Å². The molecule has 0 radical (unpaired) electrons. The van der Waals surface area contributed by atoms with Crippen molar-refractivity contribution in [3.8, 4) is 0 Å². The zero-order chi connectivity index (χ0) is 46.0. The van der Waals surface area contributed by atoms with E-state index in [-0.39, 0.29) is 11.2 Å². The van der Waals surface area contributed by atoms with Crippen molar-refractivity contribution < 1.29 is 13.2 Å². The van der Waals surface area contributed by atoms with Crippen molar-refractivity contribution in [2.24, 2.45) is 0 Å². The van der Waals surface area contributed by atoms with Crippen molar-refractivity contribution in [3.63, 3.8) is 0 Å². The third-order valence-electron chi connectivity index (χ3n) is 10.8. The topological polar surface area (TPSA) is 200 Å². The van der Waals surface area contributed by atoms with E-state index in [0.717, 1.165) is 114 Å². The van der Waals surface area contributed by atoms with Crippen LogP contribution in [0.2, 0.25) is 0 Å². The smallest absolute Gasteiger partial charge is 0.354 e. The number of hydrogen-bond donors (Lipinski definition) is 2. The lowest BCUT2D eigenvalue weighted by Crippen LogP contribution is -2.47. The molecule has 63 heavy (non-hydrogen) atoms. The van der Waals surface area contributed by atoms with Crippen LogP contribution in [-0.2, 0) is 36.5 Å². The van der Waals surface area contributed by atoms with E-state index in [4.69, 9.17) is 9.97 Å². The van der Waals surface area contributed by atoms with E-state index in [1.807, 2.05) is 4.90 Å². The standard InChI is InChI=1S/C22H35N7O2.C20H28F3N7O2/c1-5-8-17-15-18(25-20(24-17)22(2,3)4)28-13-11-27(12-14-28)9-6-7-10-29-21(31)26-19(30)16-23-29;1-19(2,3)17-25-14(20(21,22)23)12-15(26-17)29-10-8-28(9-11-29)6-4-5-7-30-18(32)27-16(31)13-24-30/h15-16H,5-14H2,1-4H3,(H,26,30,31);12-13H,4-11H2,1-3H3,(H,27,31,32). The average molecular weight is 885 g/mol. The molecule has 4 aromatic heterocycles. The van der Waals surface area contributed by atoms with Crippen LogP contribution in [0, 0.1) is 0 Å². The summed E-state index contributed by atoms with van der Waals surface area (Å²) in [4.78, 5) is 76.6. The SMILES string of the molecule is CC(C)(C)c1nc(N2CCN(CCCCn3ncc(=O)[nH]c3=O)CC2)cc(C(F)(F)F)n1.CCCc1cc(N2CCN(CCCCn3ncc(=O)[nH]c3=O)CC2)nc(C(C)(C)C)n1. The van der Waals surface area contributed by atoms with Gasteiger partial charge in [-0.05, 0) is 45.2 Å². The molecule has 0 unspecified atom stereocenters. The summed E-state index contributed by atoms with van der Waals surface area (Å²) in [5.74, 6) is 2.45. The molecule has 0 aromatic carbocycles. The van der Waals surface area contributed by atoms with Gasteiger partial charge in [-0.25, -0.2) is 38.9 Å². The molecular formula is C42H63F3N14O4. The second-order valence-corrected chi connectivity index (χ2v) is 18.1.